The van der Waals surface area contributed by atoms with Crippen molar-refractivity contribution in [2.45, 2.75) is 36.2 Å². The van der Waals surface area contributed by atoms with Gasteiger partial charge in [0.25, 0.3) is 0 Å². The molecule has 2 heterocycles. The fourth-order valence-corrected chi connectivity index (χ4v) is 4.03. The fourth-order valence-electron chi connectivity index (χ4n) is 3.19. The summed E-state index contributed by atoms with van der Waals surface area (Å²) < 4.78 is 21.7. The minimum Gasteiger partial charge on any atom is -0.338 e. The zero-order chi connectivity index (χ0) is 19.6. The fraction of sp³-hybridized carbons (Fsp3) is 0.238. The van der Waals surface area contributed by atoms with Crippen LogP contribution in [0.1, 0.15) is 36.2 Å². The van der Waals surface area contributed by atoms with Gasteiger partial charge in [-0.25, -0.2) is 4.39 Å². The number of halogens is 1. The zero-order valence-corrected chi connectivity index (χ0v) is 16.3. The smallest absolute Gasteiger partial charge is 0.237 e. The number of nitrogens with zero attached hydrogens (tertiary/aromatic N) is 5. The Kier molecular flexibility index (Phi) is 4.85. The van der Waals surface area contributed by atoms with Crippen molar-refractivity contribution in [1.82, 2.24) is 24.9 Å². The van der Waals surface area contributed by atoms with Gasteiger partial charge in [0.05, 0.1) is 11.3 Å². The molecule has 1 saturated carbocycles. The lowest BCUT2D eigenvalue weighted by Gasteiger charge is -2.08. The van der Waals surface area contributed by atoms with Gasteiger partial charge in [-0.1, -0.05) is 59.4 Å². The first-order valence-corrected chi connectivity index (χ1v) is 10.4. The first-order chi connectivity index (χ1) is 14.3. The van der Waals surface area contributed by atoms with Gasteiger partial charge in [0.2, 0.25) is 5.89 Å². The Labute approximate surface area is 171 Å². The first kappa shape index (κ1) is 18.1. The molecule has 1 fully saturated rings. The van der Waals surface area contributed by atoms with E-state index in [2.05, 4.69) is 20.3 Å². The highest BCUT2D eigenvalue weighted by Crippen LogP contribution is 2.41. The van der Waals surface area contributed by atoms with Gasteiger partial charge < -0.3 is 4.52 Å². The Hall–Kier alpha value is -3.00. The van der Waals surface area contributed by atoms with E-state index in [1.807, 2.05) is 41.0 Å². The molecular weight excluding hydrogens is 389 g/mol. The Morgan fingerprint density at radius 1 is 1.03 bits per heavy atom. The maximum absolute atomic E-state index is 14.3. The highest BCUT2D eigenvalue weighted by atomic mass is 32.2. The normalized spacial score (nSPS) is 13.7. The summed E-state index contributed by atoms with van der Waals surface area (Å²) in [6.07, 6.45) is 2.73. The van der Waals surface area contributed by atoms with Gasteiger partial charge >= 0.3 is 0 Å². The predicted octanol–water partition coefficient (Wildman–Crippen LogP) is 4.69. The predicted molar refractivity (Wildman–Crippen MR) is 107 cm³/mol. The van der Waals surface area contributed by atoms with E-state index in [4.69, 9.17) is 4.52 Å². The molecule has 5 rings (SSSR count). The molecule has 0 unspecified atom stereocenters. The van der Waals surface area contributed by atoms with Crippen molar-refractivity contribution in [2.24, 2.45) is 0 Å². The van der Waals surface area contributed by atoms with Crippen LogP contribution < -0.4 is 0 Å². The molecule has 0 radical (unpaired) electrons. The molecule has 29 heavy (non-hydrogen) atoms. The highest BCUT2D eigenvalue weighted by molar-refractivity contribution is 7.98. The van der Waals surface area contributed by atoms with E-state index in [0.717, 1.165) is 23.6 Å². The van der Waals surface area contributed by atoms with Gasteiger partial charge in [-0.15, -0.1) is 10.2 Å². The molecule has 0 spiro atoms. The second-order valence-electron chi connectivity index (χ2n) is 6.94. The number of rotatable bonds is 7. The quantitative estimate of drug-likeness (QED) is 0.414. The van der Waals surface area contributed by atoms with Crippen LogP contribution in [0.2, 0.25) is 0 Å². The Morgan fingerprint density at radius 2 is 1.83 bits per heavy atom. The van der Waals surface area contributed by atoms with E-state index in [1.165, 1.54) is 17.8 Å². The van der Waals surface area contributed by atoms with Crippen molar-refractivity contribution in [1.29, 1.82) is 0 Å². The molecule has 0 saturated heterocycles. The maximum Gasteiger partial charge on any atom is 0.237 e. The van der Waals surface area contributed by atoms with Crippen LogP contribution in [0.15, 0.2) is 64.3 Å². The number of benzene rings is 2. The van der Waals surface area contributed by atoms with Crippen LogP contribution in [0.3, 0.4) is 0 Å². The van der Waals surface area contributed by atoms with E-state index in [1.54, 1.807) is 12.1 Å². The van der Waals surface area contributed by atoms with Gasteiger partial charge in [-0.05, 0) is 30.5 Å². The molecule has 8 heteroatoms. The summed E-state index contributed by atoms with van der Waals surface area (Å²) in [4.78, 5) is 4.47. The summed E-state index contributed by atoms with van der Waals surface area (Å²) >= 11 is 1.48. The summed E-state index contributed by atoms with van der Waals surface area (Å²) in [6.45, 7) is 0. The van der Waals surface area contributed by atoms with Crippen LogP contribution in [-0.4, -0.2) is 24.9 Å². The van der Waals surface area contributed by atoms with Crippen LogP contribution in [0.4, 0.5) is 4.39 Å². The first-order valence-electron chi connectivity index (χ1n) is 9.46. The molecule has 0 atom stereocenters. The summed E-state index contributed by atoms with van der Waals surface area (Å²) in [5.74, 6) is 1.97. The molecule has 1 aliphatic carbocycles. The molecule has 0 N–H and O–H groups in total. The molecule has 6 nitrogen and oxygen atoms in total. The van der Waals surface area contributed by atoms with Gasteiger partial charge in [-0.2, -0.15) is 4.98 Å². The molecule has 4 aromatic rings. The van der Waals surface area contributed by atoms with Crippen LogP contribution in [0, 0.1) is 5.82 Å². The molecule has 0 aliphatic heterocycles. The van der Waals surface area contributed by atoms with E-state index in [-0.39, 0.29) is 5.82 Å². The van der Waals surface area contributed by atoms with Gasteiger partial charge in [-0.3, -0.25) is 4.57 Å². The van der Waals surface area contributed by atoms with Crippen molar-refractivity contribution in [3.05, 3.63) is 77.7 Å². The lowest BCUT2D eigenvalue weighted by Crippen LogP contribution is -2.01. The van der Waals surface area contributed by atoms with Crippen molar-refractivity contribution in [2.75, 3.05) is 0 Å². The third-order valence-electron chi connectivity index (χ3n) is 4.73. The average Bonchev–Trinajstić information content (AvgIpc) is 3.34. The number of hydrogen-bond acceptors (Lipinski definition) is 6. The van der Waals surface area contributed by atoms with Crippen molar-refractivity contribution >= 4 is 11.8 Å². The standard InChI is InChI=1S/C21H18FN5OS/c22-17-9-5-4-8-16(17)20-24-25-21(27(20)15-10-11-15)29-13-19-23-18(26-28-19)12-14-6-2-1-3-7-14/h1-9,15H,10-13H2. The van der Waals surface area contributed by atoms with E-state index in [9.17, 15) is 4.39 Å². The third-order valence-corrected chi connectivity index (χ3v) is 5.66. The van der Waals surface area contributed by atoms with Gasteiger partial charge in [0.15, 0.2) is 16.8 Å². The Bertz CT molecular complexity index is 1120. The molecule has 0 amide bonds. The topological polar surface area (TPSA) is 69.6 Å². The second-order valence-corrected chi connectivity index (χ2v) is 7.89. The van der Waals surface area contributed by atoms with Gasteiger partial charge in [0, 0.05) is 12.5 Å². The monoisotopic (exact) mass is 407 g/mol. The Balaban J connectivity index is 1.32. The van der Waals surface area contributed by atoms with Crippen LogP contribution in [0.25, 0.3) is 11.4 Å². The molecule has 146 valence electrons. The summed E-state index contributed by atoms with van der Waals surface area (Å²) in [5.41, 5.74) is 1.61. The van der Waals surface area contributed by atoms with E-state index in [0.29, 0.717) is 41.3 Å². The lowest BCUT2D eigenvalue weighted by atomic mass is 10.1. The number of thioether (sulfide) groups is 1. The molecular formula is C21H18FN5OS. The zero-order valence-electron chi connectivity index (χ0n) is 15.5. The summed E-state index contributed by atoms with van der Waals surface area (Å²) in [6, 6.07) is 17.0. The lowest BCUT2D eigenvalue weighted by molar-refractivity contribution is 0.385. The molecule has 2 aromatic carbocycles. The van der Waals surface area contributed by atoms with Crippen molar-refractivity contribution < 1.29 is 8.91 Å². The van der Waals surface area contributed by atoms with E-state index < -0.39 is 0 Å². The highest BCUT2D eigenvalue weighted by Gasteiger charge is 2.31. The van der Waals surface area contributed by atoms with Crippen LogP contribution in [0.5, 0.6) is 0 Å². The van der Waals surface area contributed by atoms with Crippen molar-refractivity contribution in [3.63, 3.8) is 0 Å². The molecule has 2 aromatic heterocycles. The minimum absolute atomic E-state index is 0.291. The number of aromatic nitrogens is 5. The van der Waals surface area contributed by atoms with Gasteiger partial charge in [0.1, 0.15) is 5.82 Å². The van der Waals surface area contributed by atoms with Crippen LogP contribution >= 0.6 is 11.8 Å². The van der Waals surface area contributed by atoms with Crippen LogP contribution in [-0.2, 0) is 12.2 Å². The largest absolute Gasteiger partial charge is 0.338 e. The SMILES string of the molecule is Fc1ccccc1-c1nnc(SCc2nc(Cc3ccccc3)no2)n1C1CC1. The summed E-state index contributed by atoms with van der Waals surface area (Å²) in [7, 11) is 0. The molecule has 1 aliphatic rings. The Morgan fingerprint density at radius 3 is 2.62 bits per heavy atom. The molecule has 0 bridgehead atoms. The van der Waals surface area contributed by atoms with Crippen molar-refractivity contribution in [3.8, 4) is 11.4 Å². The maximum atomic E-state index is 14.3. The average molecular weight is 407 g/mol. The van der Waals surface area contributed by atoms with E-state index >= 15 is 0 Å². The number of hydrogen-bond donors (Lipinski definition) is 0. The minimum atomic E-state index is -0.291. The third kappa shape index (κ3) is 3.93. The summed E-state index contributed by atoms with van der Waals surface area (Å²) in [5, 5.41) is 13.4. The second kappa shape index (κ2) is 7.79.